The van der Waals surface area contributed by atoms with Gasteiger partial charge in [-0.3, -0.25) is 10.1 Å². The van der Waals surface area contributed by atoms with Crippen LogP contribution in [-0.4, -0.2) is 15.2 Å². The second kappa shape index (κ2) is 4.18. The minimum atomic E-state index is -0.585. The van der Waals surface area contributed by atoms with E-state index in [2.05, 4.69) is 15.2 Å². The molecule has 18 heavy (non-hydrogen) atoms. The molecule has 90 valence electrons. The summed E-state index contributed by atoms with van der Waals surface area (Å²) in [5.41, 5.74) is 2.74. The average Bonchev–Trinajstić information content (AvgIpc) is 2.72. The third-order valence-corrected chi connectivity index (χ3v) is 2.69. The van der Waals surface area contributed by atoms with Crippen molar-refractivity contribution in [3.63, 3.8) is 0 Å². The first-order chi connectivity index (χ1) is 8.72. The quantitative estimate of drug-likeness (QED) is 0.754. The van der Waals surface area contributed by atoms with Crippen LogP contribution in [0.5, 0.6) is 0 Å². The van der Waals surface area contributed by atoms with E-state index in [0.29, 0.717) is 17.7 Å². The Morgan fingerprint density at radius 3 is 2.67 bits per heavy atom. The summed E-state index contributed by atoms with van der Waals surface area (Å²) in [5, 5.41) is 6.96. The van der Waals surface area contributed by atoms with Crippen LogP contribution in [0.2, 0.25) is 0 Å². The highest BCUT2D eigenvalue weighted by Crippen LogP contribution is 2.17. The van der Waals surface area contributed by atoms with Crippen LogP contribution in [0.4, 0.5) is 8.78 Å². The van der Waals surface area contributed by atoms with Crippen molar-refractivity contribution in [3.8, 4) is 0 Å². The van der Waals surface area contributed by atoms with Crippen LogP contribution >= 0.6 is 0 Å². The highest BCUT2D eigenvalue weighted by molar-refractivity contribution is 5.76. The molecular weight excluding hydrogens is 236 g/mol. The van der Waals surface area contributed by atoms with Crippen molar-refractivity contribution >= 4 is 11.0 Å². The van der Waals surface area contributed by atoms with E-state index in [9.17, 15) is 8.78 Å². The molecule has 0 atom stereocenters. The zero-order valence-electron chi connectivity index (χ0n) is 9.32. The fraction of sp³-hybridized carbons (Fsp3) is 0.0769. The number of hydrogen-bond acceptors (Lipinski definition) is 2. The van der Waals surface area contributed by atoms with Gasteiger partial charge in [0.05, 0.1) is 11.2 Å². The highest BCUT2D eigenvalue weighted by atomic mass is 19.1. The smallest absolute Gasteiger partial charge is 0.126 e. The van der Waals surface area contributed by atoms with Gasteiger partial charge in [0.25, 0.3) is 0 Å². The molecule has 1 aromatic carbocycles. The molecule has 0 amide bonds. The van der Waals surface area contributed by atoms with E-state index >= 15 is 0 Å². The van der Waals surface area contributed by atoms with Gasteiger partial charge in [-0.25, -0.2) is 8.78 Å². The topological polar surface area (TPSA) is 41.6 Å². The summed E-state index contributed by atoms with van der Waals surface area (Å²) in [6.45, 7) is 0. The number of H-pyrrole nitrogens is 1. The van der Waals surface area contributed by atoms with Crippen molar-refractivity contribution in [1.82, 2.24) is 15.2 Å². The zero-order valence-corrected chi connectivity index (χ0v) is 9.32. The van der Waals surface area contributed by atoms with E-state index < -0.39 is 11.6 Å². The second-order valence-electron chi connectivity index (χ2n) is 4.02. The normalized spacial score (nSPS) is 11.0. The molecule has 5 heteroatoms. The third-order valence-electron chi connectivity index (χ3n) is 2.69. The largest absolute Gasteiger partial charge is 0.276 e. The lowest BCUT2D eigenvalue weighted by molar-refractivity contribution is 0.580. The molecule has 2 aromatic heterocycles. The Morgan fingerprint density at radius 1 is 1.11 bits per heavy atom. The minimum Gasteiger partial charge on any atom is -0.276 e. The van der Waals surface area contributed by atoms with Gasteiger partial charge in [0.1, 0.15) is 17.2 Å². The van der Waals surface area contributed by atoms with Crippen molar-refractivity contribution in [2.24, 2.45) is 0 Å². The molecule has 0 bridgehead atoms. The van der Waals surface area contributed by atoms with E-state index in [1.165, 1.54) is 12.1 Å². The van der Waals surface area contributed by atoms with Crippen LogP contribution in [0.25, 0.3) is 11.0 Å². The first-order valence-corrected chi connectivity index (χ1v) is 5.45. The minimum absolute atomic E-state index is 0.339. The summed E-state index contributed by atoms with van der Waals surface area (Å²) in [5.74, 6) is -1.17. The van der Waals surface area contributed by atoms with Gasteiger partial charge in [-0.05, 0) is 29.8 Å². The number of rotatable bonds is 2. The number of benzene rings is 1. The summed E-state index contributed by atoms with van der Waals surface area (Å²) >= 11 is 0. The van der Waals surface area contributed by atoms with Crippen LogP contribution < -0.4 is 0 Å². The molecular formula is C13H9F2N3. The molecule has 0 radical (unpaired) electrons. The van der Waals surface area contributed by atoms with Gasteiger partial charge in [0.2, 0.25) is 0 Å². The SMILES string of the molecule is Fc1cc(F)cc(Cc2n[nH]c3cccnc23)c1. The third kappa shape index (κ3) is 1.95. The van der Waals surface area contributed by atoms with Crippen molar-refractivity contribution < 1.29 is 8.78 Å². The monoisotopic (exact) mass is 245 g/mol. The predicted octanol–water partition coefficient (Wildman–Crippen LogP) is 2.83. The number of nitrogens with one attached hydrogen (secondary N) is 1. The molecule has 0 saturated heterocycles. The van der Waals surface area contributed by atoms with Crippen LogP contribution in [0.1, 0.15) is 11.3 Å². The fourth-order valence-electron chi connectivity index (χ4n) is 1.94. The predicted molar refractivity (Wildman–Crippen MR) is 63.1 cm³/mol. The highest BCUT2D eigenvalue weighted by Gasteiger charge is 2.08. The molecule has 0 unspecified atom stereocenters. The van der Waals surface area contributed by atoms with E-state index in [0.717, 1.165) is 17.1 Å². The van der Waals surface area contributed by atoms with Crippen molar-refractivity contribution in [2.45, 2.75) is 6.42 Å². The van der Waals surface area contributed by atoms with Crippen LogP contribution in [0.15, 0.2) is 36.5 Å². The molecule has 3 rings (SSSR count). The van der Waals surface area contributed by atoms with Crippen LogP contribution in [0, 0.1) is 11.6 Å². The Balaban J connectivity index is 2.01. The lowest BCUT2D eigenvalue weighted by Gasteiger charge is -2.00. The average molecular weight is 245 g/mol. The summed E-state index contributed by atoms with van der Waals surface area (Å²) in [6, 6.07) is 7.10. The Hall–Kier alpha value is -2.30. The summed E-state index contributed by atoms with van der Waals surface area (Å²) in [4.78, 5) is 4.20. The van der Waals surface area contributed by atoms with Gasteiger partial charge in [-0.2, -0.15) is 5.10 Å². The van der Waals surface area contributed by atoms with E-state index in [-0.39, 0.29) is 0 Å². The Kier molecular flexibility index (Phi) is 2.51. The van der Waals surface area contributed by atoms with Gasteiger partial charge >= 0.3 is 0 Å². The van der Waals surface area contributed by atoms with E-state index in [1.807, 2.05) is 6.07 Å². The van der Waals surface area contributed by atoms with Crippen molar-refractivity contribution in [2.75, 3.05) is 0 Å². The van der Waals surface area contributed by atoms with Crippen LogP contribution in [0.3, 0.4) is 0 Å². The standard InChI is InChI=1S/C13H9F2N3/c14-9-4-8(5-10(15)7-9)6-12-13-11(17-18-12)2-1-3-16-13/h1-5,7H,6H2,(H,17,18). The van der Waals surface area contributed by atoms with Gasteiger partial charge in [0, 0.05) is 18.7 Å². The number of fused-ring (bicyclic) bond motifs is 1. The number of hydrogen-bond donors (Lipinski definition) is 1. The fourth-order valence-corrected chi connectivity index (χ4v) is 1.94. The Labute approximate surface area is 101 Å². The number of aromatic nitrogens is 3. The Bertz CT molecular complexity index is 686. The van der Waals surface area contributed by atoms with E-state index in [1.54, 1.807) is 12.3 Å². The lowest BCUT2D eigenvalue weighted by atomic mass is 10.1. The maximum Gasteiger partial charge on any atom is 0.126 e. The van der Waals surface area contributed by atoms with Gasteiger partial charge < -0.3 is 0 Å². The molecule has 2 heterocycles. The molecule has 0 aliphatic rings. The van der Waals surface area contributed by atoms with Crippen molar-refractivity contribution in [1.29, 1.82) is 0 Å². The summed E-state index contributed by atoms with van der Waals surface area (Å²) in [7, 11) is 0. The maximum atomic E-state index is 13.1. The molecule has 0 aliphatic carbocycles. The maximum absolute atomic E-state index is 13.1. The number of pyridine rings is 1. The van der Waals surface area contributed by atoms with E-state index in [4.69, 9.17) is 0 Å². The first kappa shape index (κ1) is 10.8. The lowest BCUT2D eigenvalue weighted by Crippen LogP contribution is -1.93. The second-order valence-corrected chi connectivity index (χ2v) is 4.02. The first-order valence-electron chi connectivity index (χ1n) is 5.45. The molecule has 3 aromatic rings. The number of aromatic amines is 1. The summed E-state index contributed by atoms with van der Waals surface area (Å²) < 4.78 is 26.2. The van der Waals surface area contributed by atoms with Crippen molar-refractivity contribution in [3.05, 3.63) is 59.4 Å². The molecule has 0 aliphatic heterocycles. The molecule has 0 saturated carbocycles. The molecule has 3 nitrogen and oxygen atoms in total. The molecule has 1 N–H and O–H groups in total. The van der Waals surface area contributed by atoms with Gasteiger partial charge in [0.15, 0.2) is 0 Å². The molecule has 0 fully saturated rings. The zero-order chi connectivity index (χ0) is 12.5. The van der Waals surface area contributed by atoms with Crippen LogP contribution in [-0.2, 0) is 6.42 Å². The molecule has 0 spiro atoms. The van der Waals surface area contributed by atoms with Gasteiger partial charge in [-0.15, -0.1) is 0 Å². The van der Waals surface area contributed by atoms with Gasteiger partial charge in [-0.1, -0.05) is 0 Å². The summed E-state index contributed by atoms with van der Waals surface area (Å²) in [6.07, 6.45) is 2.00. The number of nitrogens with zero attached hydrogens (tertiary/aromatic N) is 2. The Morgan fingerprint density at radius 2 is 1.89 bits per heavy atom. The number of halogens is 2.